The Kier molecular flexibility index (Phi) is 5.87. The lowest BCUT2D eigenvalue weighted by Gasteiger charge is -2.10. The number of nitrogens with one attached hydrogen (secondary N) is 1. The van der Waals surface area contributed by atoms with E-state index in [2.05, 4.69) is 5.32 Å². The maximum absolute atomic E-state index is 12.7. The first kappa shape index (κ1) is 18.6. The van der Waals surface area contributed by atoms with Crippen LogP contribution in [0.4, 0.5) is 14.5 Å². The standard InChI is InChI=1S/C17H15F2NO4S/c1-24-14-8-4-2-6-12(14)10-11-16(21)20-13-7-3-5-9-15(13)25(22,23)17(18)19/h2-11,17H,1H3,(H,20,21). The average Bonchev–Trinajstić information content (AvgIpc) is 2.60. The molecule has 2 aromatic rings. The quantitative estimate of drug-likeness (QED) is 0.795. The second-order valence-corrected chi connectivity index (χ2v) is 6.75. The number of ether oxygens (including phenoxy) is 1. The molecule has 0 aliphatic carbocycles. The fraction of sp³-hybridized carbons (Fsp3) is 0.118. The van der Waals surface area contributed by atoms with Gasteiger partial charge in [0.05, 0.1) is 17.7 Å². The molecule has 0 aliphatic heterocycles. The smallest absolute Gasteiger partial charge is 0.341 e. The van der Waals surface area contributed by atoms with Crippen LogP contribution in [0.2, 0.25) is 0 Å². The highest BCUT2D eigenvalue weighted by Crippen LogP contribution is 2.26. The average molecular weight is 367 g/mol. The van der Waals surface area contributed by atoms with Gasteiger partial charge in [-0.25, -0.2) is 8.42 Å². The molecule has 2 rings (SSSR count). The number of carbonyl (C=O) groups is 1. The van der Waals surface area contributed by atoms with Gasteiger partial charge in [-0.05, 0) is 24.3 Å². The van der Waals surface area contributed by atoms with Crippen molar-refractivity contribution in [1.82, 2.24) is 0 Å². The molecule has 0 fully saturated rings. The van der Waals surface area contributed by atoms with Crippen LogP contribution in [0.15, 0.2) is 59.5 Å². The number of sulfone groups is 1. The summed E-state index contributed by atoms with van der Waals surface area (Å²) in [5, 5.41) is 2.30. The topological polar surface area (TPSA) is 72.5 Å². The van der Waals surface area contributed by atoms with Crippen molar-refractivity contribution in [2.75, 3.05) is 12.4 Å². The minimum Gasteiger partial charge on any atom is -0.496 e. The molecule has 0 bridgehead atoms. The third kappa shape index (κ3) is 4.42. The molecule has 0 aromatic heterocycles. The number of amides is 1. The number of para-hydroxylation sites is 2. The highest BCUT2D eigenvalue weighted by molar-refractivity contribution is 7.91. The Morgan fingerprint density at radius 1 is 1.12 bits per heavy atom. The summed E-state index contributed by atoms with van der Waals surface area (Å²) in [6.07, 6.45) is 2.63. The maximum Gasteiger partial charge on any atom is 0.341 e. The maximum atomic E-state index is 12.7. The van der Waals surface area contributed by atoms with E-state index in [-0.39, 0.29) is 5.69 Å². The summed E-state index contributed by atoms with van der Waals surface area (Å²) in [6.45, 7) is 0. The Labute approximate surface area is 143 Å². The first-order chi connectivity index (χ1) is 11.9. The molecule has 8 heteroatoms. The van der Waals surface area contributed by atoms with Gasteiger partial charge in [-0.2, -0.15) is 8.78 Å². The zero-order valence-electron chi connectivity index (χ0n) is 13.1. The first-order valence-electron chi connectivity index (χ1n) is 7.09. The number of methoxy groups -OCH3 is 1. The van der Waals surface area contributed by atoms with Crippen molar-refractivity contribution >= 4 is 27.5 Å². The molecule has 0 unspecified atom stereocenters. The summed E-state index contributed by atoms with van der Waals surface area (Å²) >= 11 is 0. The monoisotopic (exact) mass is 367 g/mol. The first-order valence-corrected chi connectivity index (χ1v) is 8.64. The van der Waals surface area contributed by atoms with Crippen LogP contribution in [0.1, 0.15) is 5.56 Å². The van der Waals surface area contributed by atoms with Crippen molar-refractivity contribution in [3.8, 4) is 5.75 Å². The number of halogens is 2. The van der Waals surface area contributed by atoms with Crippen LogP contribution in [0, 0.1) is 0 Å². The number of benzene rings is 2. The molecule has 0 atom stereocenters. The van der Waals surface area contributed by atoms with E-state index in [1.165, 1.54) is 31.4 Å². The third-order valence-electron chi connectivity index (χ3n) is 3.24. The van der Waals surface area contributed by atoms with E-state index in [1.807, 2.05) is 0 Å². The largest absolute Gasteiger partial charge is 0.496 e. The normalized spacial score (nSPS) is 11.7. The summed E-state index contributed by atoms with van der Waals surface area (Å²) in [7, 11) is -3.34. The Morgan fingerprint density at radius 3 is 2.44 bits per heavy atom. The van der Waals surface area contributed by atoms with Gasteiger partial charge in [-0.1, -0.05) is 30.3 Å². The zero-order valence-corrected chi connectivity index (χ0v) is 14.0. The molecular formula is C17H15F2NO4S. The SMILES string of the molecule is COc1ccccc1C=CC(=O)Nc1ccccc1S(=O)(=O)C(F)F. The van der Waals surface area contributed by atoms with Gasteiger partial charge in [0, 0.05) is 11.6 Å². The van der Waals surface area contributed by atoms with Crippen LogP contribution in [0.5, 0.6) is 5.75 Å². The van der Waals surface area contributed by atoms with Gasteiger partial charge in [0.1, 0.15) is 5.75 Å². The van der Waals surface area contributed by atoms with Gasteiger partial charge in [0.15, 0.2) is 0 Å². The van der Waals surface area contributed by atoms with Gasteiger partial charge in [-0.15, -0.1) is 0 Å². The molecule has 5 nitrogen and oxygen atoms in total. The summed E-state index contributed by atoms with van der Waals surface area (Å²) < 4.78 is 53.9. The lowest BCUT2D eigenvalue weighted by molar-refractivity contribution is -0.111. The number of anilines is 1. The molecule has 0 heterocycles. The summed E-state index contributed by atoms with van der Waals surface area (Å²) in [5.41, 5.74) is 0.422. The number of alkyl halides is 2. The van der Waals surface area contributed by atoms with Crippen molar-refractivity contribution in [3.63, 3.8) is 0 Å². The summed E-state index contributed by atoms with van der Waals surface area (Å²) in [6, 6.07) is 11.9. The van der Waals surface area contributed by atoms with Crippen molar-refractivity contribution in [2.24, 2.45) is 0 Å². The van der Waals surface area contributed by atoms with E-state index < -0.39 is 26.4 Å². The highest BCUT2D eigenvalue weighted by atomic mass is 32.2. The minimum absolute atomic E-state index is 0.211. The lowest BCUT2D eigenvalue weighted by Crippen LogP contribution is -2.16. The Hall–Kier alpha value is -2.74. The van der Waals surface area contributed by atoms with E-state index in [9.17, 15) is 22.0 Å². The van der Waals surface area contributed by atoms with Crippen LogP contribution < -0.4 is 10.1 Å². The number of carbonyl (C=O) groups excluding carboxylic acids is 1. The number of hydrogen-bond acceptors (Lipinski definition) is 4. The molecule has 0 aliphatic rings. The molecule has 2 aromatic carbocycles. The van der Waals surface area contributed by atoms with Crippen molar-refractivity contribution < 1.29 is 26.7 Å². The van der Waals surface area contributed by atoms with Crippen molar-refractivity contribution in [2.45, 2.75) is 10.7 Å². The van der Waals surface area contributed by atoms with E-state index in [4.69, 9.17) is 4.74 Å². The highest BCUT2D eigenvalue weighted by Gasteiger charge is 2.29. The van der Waals surface area contributed by atoms with Gasteiger partial charge in [-0.3, -0.25) is 4.79 Å². The van der Waals surface area contributed by atoms with Crippen LogP contribution in [-0.2, 0) is 14.6 Å². The second-order valence-electron chi connectivity index (χ2n) is 4.87. The van der Waals surface area contributed by atoms with E-state index in [0.29, 0.717) is 11.3 Å². The van der Waals surface area contributed by atoms with E-state index in [0.717, 1.165) is 12.1 Å². The fourth-order valence-electron chi connectivity index (χ4n) is 2.06. The lowest BCUT2D eigenvalue weighted by atomic mass is 10.2. The van der Waals surface area contributed by atoms with Crippen molar-refractivity contribution in [1.29, 1.82) is 0 Å². The van der Waals surface area contributed by atoms with Gasteiger partial charge in [0.25, 0.3) is 0 Å². The Balaban J connectivity index is 2.23. The van der Waals surface area contributed by atoms with Gasteiger partial charge in [0.2, 0.25) is 15.7 Å². The van der Waals surface area contributed by atoms with Gasteiger partial charge >= 0.3 is 5.76 Å². The molecule has 0 saturated heterocycles. The second kappa shape index (κ2) is 7.89. The van der Waals surface area contributed by atoms with Crippen LogP contribution >= 0.6 is 0 Å². The molecule has 0 saturated carbocycles. The molecule has 25 heavy (non-hydrogen) atoms. The van der Waals surface area contributed by atoms with Gasteiger partial charge < -0.3 is 10.1 Å². The fourth-order valence-corrected chi connectivity index (χ4v) is 2.94. The molecule has 0 spiro atoms. The molecule has 1 amide bonds. The molecular weight excluding hydrogens is 352 g/mol. The molecule has 0 radical (unpaired) electrons. The van der Waals surface area contributed by atoms with Crippen LogP contribution in [0.3, 0.4) is 0 Å². The Bertz CT molecular complexity index is 895. The molecule has 1 N–H and O–H groups in total. The predicted molar refractivity (Wildman–Crippen MR) is 90.3 cm³/mol. The van der Waals surface area contributed by atoms with Crippen LogP contribution in [0.25, 0.3) is 6.08 Å². The van der Waals surface area contributed by atoms with Crippen molar-refractivity contribution in [3.05, 3.63) is 60.2 Å². The number of hydrogen-bond donors (Lipinski definition) is 1. The van der Waals surface area contributed by atoms with E-state index >= 15 is 0 Å². The third-order valence-corrected chi connectivity index (χ3v) is 4.68. The number of rotatable bonds is 6. The summed E-state index contributed by atoms with van der Waals surface area (Å²) in [5.74, 6) is -3.69. The van der Waals surface area contributed by atoms with E-state index in [1.54, 1.807) is 24.3 Å². The predicted octanol–water partition coefficient (Wildman–Crippen LogP) is 3.34. The van der Waals surface area contributed by atoms with Crippen LogP contribution in [-0.4, -0.2) is 27.2 Å². The zero-order chi connectivity index (χ0) is 18.4. The molecule has 132 valence electrons. The summed E-state index contributed by atoms with van der Waals surface area (Å²) in [4.78, 5) is 11.4. The Morgan fingerprint density at radius 2 is 1.76 bits per heavy atom. The minimum atomic E-state index is -4.82.